The van der Waals surface area contributed by atoms with Crippen molar-refractivity contribution in [2.24, 2.45) is 5.92 Å². The molecular formula is C22H27N3O3. The Balaban J connectivity index is 1.16. The van der Waals surface area contributed by atoms with Crippen LogP contribution in [0.5, 0.6) is 11.5 Å². The van der Waals surface area contributed by atoms with Crippen LogP contribution in [0.1, 0.15) is 12.8 Å². The molecule has 0 aromatic heterocycles. The summed E-state index contributed by atoms with van der Waals surface area (Å²) in [4.78, 5) is 14.5. The molecular weight excluding hydrogens is 354 g/mol. The highest BCUT2D eigenvalue weighted by Gasteiger charge is 2.26. The number of carbonyl (C=O) groups is 1. The van der Waals surface area contributed by atoms with Crippen molar-refractivity contribution in [1.29, 1.82) is 0 Å². The van der Waals surface area contributed by atoms with Gasteiger partial charge in [0.25, 0.3) is 0 Å². The van der Waals surface area contributed by atoms with Gasteiger partial charge in [-0.05, 0) is 56.1 Å². The Kier molecular flexibility index (Phi) is 5.97. The number of fused-ring (bicyclic) bond motifs is 1. The Morgan fingerprint density at radius 2 is 1.71 bits per heavy atom. The zero-order valence-electron chi connectivity index (χ0n) is 16.0. The maximum absolute atomic E-state index is 12.0. The molecule has 28 heavy (non-hydrogen) atoms. The SMILES string of the molecule is O=C(NCC1CCN(CC2COc3ccccc3O2)CC1)Nc1ccccc1. The van der Waals surface area contributed by atoms with Crippen molar-refractivity contribution in [2.75, 3.05) is 38.1 Å². The summed E-state index contributed by atoms with van der Waals surface area (Å²) in [5.41, 5.74) is 0.811. The molecule has 2 amide bonds. The quantitative estimate of drug-likeness (QED) is 0.834. The fourth-order valence-corrected chi connectivity index (χ4v) is 3.75. The van der Waals surface area contributed by atoms with Crippen molar-refractivity contribution in [3.05, 3.63) is 54.6 Å². The molecule has 148 valence electrons. The van der Waals surface area contributed by atoms with Crippen molar-refractivity contribution in [1.82, 2.24) is 10.2 Å². The lowest BCUT2D eigenvalue weighted by atomic mass is 9.96. The third-order valence-corrected chi connectivity index (χ3v) is 5.32. The number of carbonyl (C=O) groups excluding carboxylic acids is 1. The second kappa shape index (κ2) is 8.97. The molecule has 1 atom stereocenters. The van der Waals surface area contributed by atoms with Gasteiger partial charge in [-0.3, -0.25) is 4.90 Å². The van der Waals surface area contributed by atoms with Gasteiger partial charge in [0.1, 0.15) is 12.7 Å². The number of hydrogen-bond acceptors (Lipinski definition) is 4. The molecule has 0 spiro atoms. The number of nitrogens with one attached hydrogen (secondary N) is 2. The fourth-order valence-electron chi connectivity index (χ4n) is 3.75. The van der Waals surface area contributed by atoms with E-state index in [1.807, 2.05) is 54.6 Å². The number of rotatable bonds is 5. The van der Waals surface area contributed by atoms with Crippen molar-refractivity contribution in [3.63, 3.8) is 0 Å². The minimum absolute atomic E-state index is 0.0706. The maximum Gasteiger partial charge on any atom is 0.319 e. The molecule has 6 heteroatoms. The number of anilines is 1. The highest BCUT2D eigenvalue weighted by Crippen LogP contribution is 2.31. The summed E-state index contributed by atoms with van der Waals surface area (Å²) in [6.07, 6.45) is 2.23. The van der Waals surface area contributed by atoms with Crippen LogP contribution in [0, 0.1) is 5.92 Å². The molecule has 0 bridgehead atoms. The molecule has 2 N–H and O–H groups in total. The van der Waals surface area contributed by atoms with Crippen LogP contribution in [0.15, 0.2) is 54.6 Å². The van der Waals surface area contributed by atoms with Gasteiger partial charge in [-0.1, -0.05) is 30.3 Å². The molecule has 6 nitrogen and oxygen atoms in total. The molecule has 2 aromatic carbocycles. The van der Waals surface area contributed by atoms with Gasteiger partial charge >= 0.3 is 6.03 Å². The lowest BCUT2D eigenvalue weighted by molar-refractivity contribution is 0.0479. The summed E-state index contributed by atoms with van der Waals surface area (Å²) < 4.78 is 11.9. The Morgan fingerprint density at radius 3 is 2.50 bits per heavy atom. The number of likely N-dealkylation sites (tertiary alicyclic amines) is 1. The number of amides is 2. The molecule has 2 aliphatic rings. The number of urea groups is 1. The summed E-state index contributed by atoms with van der Waals surface area (Å²) in [5.74, 6) is 2.18. The van der Waals surface area contributed by atoms with Gasteiger partial charge in [0.2, 0.25) is 0 Å². The molecule has 0 radical (unpaired) electrons. The van der Waals surface area contributed by atoms with Gasteiger partial charge in [-0.25, -0.2) is 4.79 Å². The zero-order valence-corrected chi connectivity index (χ0v) is 16.0. The molecule has 1 unspecified atom stereocenters. The summed E-state index contributed by atoms with van der Waals surface area (Å²) >= 11 is 0. The van der Waals surface area contributed by atoms with E-state index in [1.54, 1.807) is 0 Å². The fraction of sp³-hybridized carbons (Fsp3) is 0.409. The van der Waals surface area contributed by atoms with E-state index in [0.717, 1.165) is 49.7 Å². The second-order valence-electron chi connectivity index (χ2n) is 7.44. The monoisotopic (exact) mass is 381 g/mol. The van der Waals surface area contributed by atoms with Crippen molar-refractivity contribution >= 4 is 11.7 Å². The molecule has 0 saturated carbocycles. The number of para-hydroxylation sites is 3. The lowest BCUT2D eigenvalue weighted by Gasteiger charge is -2.35. The van der Waals surface area contributed by atoms with Gasteiger partial charge < -0.3 is 20.1 Å². The van der Waals surface area contributed by atoms with Crippen molar-refractivity contribution in [3.8, 4) is 11.5 Å². The maximum atomic E-state index is 12.0. The average molecular weight is 381 g/mol. The second-order valence-corrected chi connectivity index (χ2v) is 7.44. The Bertz CT molecular complexity index is 776. The smallest absolute Gasteiger partial charge is 0.319 e. The molecule has 1 saturated heterocycles. The lowest BCUT2D eigenvalue weighted by Crippen LogP contribution is -2.45. The normalized spacial score (nSPS) is 19.8. The first-order chi connectivity index (χ1) is 13.8. The Labute approximate surface area is 165 Å². The first-order valence-electron chi connectivity index (χ1n) is 9.97. The predicted molar refractivity (Wildman–Crippen MR) is 109 cm³/mol. The van der Waals surface area contributed by atoms with Crippen LogP contribution in [0.25, 0.3) is 0 Å². The zero-order chi connectivity index (χ0) is 19.2. The minimum atomic E-state index is -0.139. The number of piperidine rings is 1. The molecule has 1 fully saturated rings. The first-order valence-corrected chi connectivity index (χ1v) is 9.97. The van der Waals surface area contributed by atoms with Crippen LogP contribution in [0.3, 0.4) is 0 Å². The van der Waals surface area contributed by atoms with Gasteiger partial charge in [0.15, 0.2) is 11.5 Å². The van der Waals surface area contributed by atoms with Crippen LogP contribution in [-0.2, 0) is 0 Å². The van der Waals surface area contributed by atoms with Crippen LogP contribution in [0.4, 0.5) is 10.5 Å². The standard InChI is InChI=1S/C22H27N3O3/c26-22(24-18-6-2-1-3-7-18)23-14-17-10-12-25(13-11-17)15-19-16-27-20-8-4-5-9-21(20)28-19/h1-9,17,19H,10-16H2,(H2,23,24,26). The van der Waals surface area contributed by atoms with E-state index in [-0.39, 0.29) is 12.1 Å². The highest BCUT2D eigenvalue weighted by molar-refractivity contribution is 5.89. The van der Waals surface area contributed by atoms with Gasteiger partial charge in [0.05, 0.1) is 0 Å². The van der Waals surface area contributed by atoms with E-state index in [0.29, 0.717) is 19.1 Å². The predicted octanol–water partition coefficient (Wildman–Crippen LogP) is 3.36. The van der Waals surface area contributed by atoms with E-state index in [2.05, 4.69) is 15.5 Å². The van der Waals surface area contributed by atoms with E-state index >= 15 is 0 Å². The molecule has 2 aromatic rings. The Hall–Kier alpha value is -2.73. The van der Waals surface area contributed by atoms with E-state index in [1.165, 1.54) is 0 Å². The van der Waals surface area contributed by atoms with Gasteiger partial charge in [0, 0.05) is 18.8 Å². The summed E-state index contributed by atoms with van der Waals surface area (Å²) in [6, 6.07) is 17.2. The topological polar surface area (TPSA) is 62.8 Å². The van der Waals surface area contributed by atoms with E-state index in [4.69, 9.17) is 9.47 Å². The Morgan fingerprint density at radius 1 is 1.00 bits per heavy atom. The summed E-state index contributed by atoms with van der Waals surface area (Å²) in [6.45, 7) is 4.23. The minimum Gasteiger partial charge on any atom is -0.486 e. The van der Waals surface area contributed by atoms with E-state index < -0.39 is 0 Å². The van der Waals surface area contributed by atoms with Crippen LogP contribution >= 0.6 is 0 Å². The van der Waals surface area contributed by atoms with Gasteiger partial charge in [-0.2, -0.15) is 0 Å². The van der Waals surface area contributed by atoms with Crippen LogP contribution in [-0.4, -0.2) is 49.8 Å². The molecule has 2 aliphatic heterocycles. The van der Waals surface area contributed by atoms with E-state index in [9.17, 15) is 4.79 Å². The summed E-state index contributed by atoms with van der Waals surface area (Å²) in [7, 11) is 0. The number of ether oxygens (including phenoxy) is 2. The molecule has 4 rings (SSSR count). The number of nitrogens with zero attached hydrogens (tertiary/aromatic N) is 1. The van der Waals surface area contributed by atoms with Crippen molar-refractivity contribution < 1.29 is 14.3 Å². The number of hydrogen-bond donors (Lipinski definition) is 2. The third kappa shape index (κ3) is 4.95. The third-order valence-electron chi connectivity index (χ3n) is 5.32. The summed E-state index contributed by atoms with van der Waals surface area (Å²) in [5, 5.41) is 5.86. The highest BCUT2D eigenvalue weighted by atomic mass is 16.6. The van der Waals surface area contributed by atoms with Crippen LogP contribution in [0.2, 0.25) is 0 Å². The number of benzene rings is 2. The van der Waals surface area contributed by atoms with Crippen LogP contribution < -0.4 is 20.1 Å². The molecule has 2 heterocycles. The largest absolute Gasteiger partial charge is 0.486 e. The van der Waals surface area contributed by atoms with Crippen molar-refractivity contribution in [2.45, 2.75) is 18.9 Å². The average Bonchev–Trinajstić information content (AvgIpc) is 2.74. The first kappa shape index (κ1) is 18.6. The molecule has 0 aliphatic carbocycles. The van der Waals surface area contributed by atoms with Gasteiger partial charge in [-0.15, -0.1) is 0 Å².